The fraction of sp³-hybridized carbons (Fsp3) is 0.520. The summed E-state index contributed by atoms with van der Waals surface area (Å²) in [7, 11) is 0. The molecule has 1 heterocycles. The van der Waals surface area contributed by atoms with Gasteiger partial charge in [-0.3, -0.25) is 4.90 Å². The van der Waals surface area contributed by atoms with Crippen molar-refractivity contribution in [1.29, 1.82) is 0 Å². The van der Waals surface area contributed by atoms with Gasteiger partial charge in [0.05, 0.1) is 0 Å². The zero-order valence-corrected chi connectivity index (χ0v) is 16.7. The van der Waals surface area contributed by atoms with E-state index in [4.69, 9.17) is 0 Å². The predicted octanol–water partition coefficient (Wildman–Crippen LogP) is 5.23. The first-order valence-corrected chi connectivity index (χ1v) is 10.8. The van der Waals surface area contributed by atoms with Crippen molar-refractivity contribution in [2.45, 2.75) is 57.5 Å². The number of nitrogens with zero attached hydrogens (tertiary/aromatic N) is 1. The highest BCUT2D eigenvalue weighted by molar-refractivity contribution is 5.53. The number of anilines is 1. The topological polar surface area (TPSA) is 15.3 Å². The van der Waals surface area contributed by atoms with Crippen LogP contribution in [0.4, 0.5) is 5.69 Å². The summed E-state index contributed by atoms with van der Waals surface area (Å²) in [4.78, 5) is 2.83. The van der Waals surface area contributed by atoms with Crippen LogP contribution >= 0.6 is 0 Å². The van der Waals surface area contributed by atoms with E-state index in [9.17, 15) is 0 Å². The molecule has 1 saturated carbocycles. The molecule has 2 nitrogen and oxygen atoms in total. The molecule has 1 saturated heterocycles. The van der Waals surface area contributed by atoms with E-state index in [1.165, 1.54) is 50.0 Å². The zero-order valence-electron chi connectivity index (χ0n) is 16.7. The van der Waals surface area contributed by atoms with Crippen LogP contribution < -0.4 is 5.32 Å². The Morgan fingerprint density at radius 2 is 1.93 bits per heavy atom. The van der Waals surface area contributed by atoms with Crippen LogP contribution in [0.25, 0.3) is 0 Å². The number of hydrogen-bond acceptors (Lipinski definition) is 2. The van der Waals surface area contributed by atoms with Gasteiger partial charge in [0.25, 0.3) is 0 Å². The van der Waals surface area contributed by atoms with Crippen molar-refractivity contribution in [3.05, 3.63) is 65.2 Å². The molecule has 2 aliphatic carbocycles. The van der Waals surface area contributed by atoms with Gasteiger partial charge in [-0.1, -0.05) is 50.2 Å². The highest BCUT2D eigenvalue weighted by atomic mass is 15.2. The van der Waals surface area contributed by atoms with E-state index in [-0.39, 0.29) is 0 Å². The molecular formula is C25H32N2. The molecule has 2 heteroatoms. The van der Waals surface area contributed by atoms with Crippen molar-refractivity contribution in [2.75, 3.05) is 18.4 Å². The number of rotatable bonds is 5. The molecular weight excluding hydrogens is 328 g/mol. The van der Waals surface area contributed by atoms with E-state index >= 15 is 0 Å². The Morgan fingerprint density at radius 1 is 1.11 bits per heavy atom. The summed E-state index contributed by atoms with van der Waals surface area (Å²) < 4.78 is 0. The lowest BCUT2D eigenvalue weighted by Crippen LogP contribution is -2.58. The normalized spacial score (nSPS) is 30.0. The average Bonchev–Trinajstić information content (AvgIpc) is 3.50. The van der Waals surface area contributed by atoms with Crippen LogP contribution in [0.5, 0.6) is 0 Å². The molecule has 27 heavy (non-hydrogen) atoms. The lowest BCUT2D eigenvalue weighted by Gasteiger charge is -2.55. The number of fused-ring (bicyclic) bond motifs is 4. The standard InChI is InChI=1S/C25H32N2/c1-18-24-14-21-10-11-22(26-16-19-6-4-3-5-7-19)15-23(21)25(18,2)12-13-27(24)17-20-8-9-20/h3-7,10-11,15,18,20,24,26H,8-9,12-14,16-17H2,1-2H3/t18-,24+,25+/m0/s1. The number of piperidine rings is 1. The SMILES string of the molecule is C[C@H]1[C@H]2Cc3ccc(NCc4ccccc4)cc3[C@]1(C)CCN2CC1CC1. The van der Waals surface area contributed by atoms with Crippen LogP contribution in [0.1, 0.15) is 49.8 Å². The average molecular weight is 361 g/mol. The molecule has 1 N–H and O–H groups in total. The van der Waals surface area contributed by atoms with Gasteiger partial charge in [0.1, 0.15) is 0 Å². The largest absolute Gasteiger partial charge is 0.381 e. The summed E-state index contributed by atoms with van der Waals surface area (Å²) in [5, 5.41) is 3.65. The number of likely N-dealkylation sites (tertiary alicyclic amines) is 1. The maximum Gasteiger partial charge on any atom is 0.0400 e. The zero-order chi connectivity index (χ0) is 18.4. The minimum absolute atomic E-state index is 0.322. The molecule has 0 radical (unpaired) electrons. The van der Waals surface area contributed by atoms with Gasteiger partial charge in [-0.25, -0.2) is 0 Å². The molecule has 142 valence electrons. The Morgan fingerprint density at radius 3 is 2.70 bits per heavy atom. The van der Waals surface area contributed by atoms with Gasteiger partial charge in [-0.15, -0.1) is 0 Å². The molecule has 0 spiro atoms. The van der Waals surface area contributed by atoms with Gasteiger partial charge in [-0.05, 0) is 78.3 Å². The Hall–Kier alpha value is -1.80. The smallest absolute Gasteiger partial charge is 0.0400 e. The van der Waals surface area contributed by atoms with E-state index in [2.05, 4.69) is 72.6 Å². The Balaban J connectivity index is 1.38. The minimum Gasteiger partial charge on any atom is -0.381 e. The van der Waals surface area contributed by atoms with Crippen LogP contribution in [0, 0.1) is 11.8 Å². The van der Waals surface area contributed by atoms with Crippen LogP contribution in [0.15, 0.2) is 48.5 Å². The number of nitrogens with one attached hydrogen (secondary N) is 1. The maximum absolute atomic E-state index is 3.65. The molecule has 1 aliphatic heterocycles. The van der Waals surface area contributed by atoms with E-state index in [1.807, 2.05) is 0 Å². The van der Waals surface area contributed by atoms with E-state index in [0.29, 0.717) is 5.41 Å². The molecule has 0 aromatic heterocycles. The summed E-state index contributed by atoms with van der Waals surface area (Å²) >= 11 is 0. The quantitative estimate of drug-likeness (QED) is 0.785. The van der Waals surface area contributed by atoms with Gasteiger partial charge in [0, 0.05) is 24.8 Å². The maximum atomic E-state index is 3.65. The van der Waals surface area contributed by atoms with Crippen LogP contribution in [-0.4, -0.2) is 24.0 Å². The highest BCUT2D eigenvalue weighted by Gasteiger charge is 2.48. The first-order chi connectivity index (χ1) is 13.1. The molecule has 2 fully saturated rings. The lowest BCUT2D eigenvalue weighted by atomic mass is 9.59. The molecule has 2 bridgehead atoms. The summed E-state index contributed by atoms with van der Waals surface area (Å²) in [6.45, 7) is 8.55. The molecule has 3 atom stereocenters. The third-order valence-corrected chi connectivity index (χ3v) is 7.65. The van der Waals surface area contributed by atoms with Gasteiger partial charge in [0.15, 0.2) is 0 Å². The fourth-order valence-electron chi connectivity index (χ4n) is 5.48. The predicted molar refractivity (Wildman–Crippen MR) is 113 cm³/mol. The first kappa shape index (κ1) is 17.3. The number of hydrogen-bond donors (Lipinski definition) is 1. The molecule has 0 amide bonds. The second-order valence-electron chi connectivity index (χ2n) is 9.38. The van der Waals surface area contributed by atoms with Crippen molar-refractivity contribution in [3.63, 3.8) is 0 Å². The van der Waals surface area contributed by atoms with Crippen LogP contribution in [-0.2, 0) is 18.4 Å². The Bertz CT molecular complexity index is 810. The van der Waals surface area contributed by atoms with Crippen LogP contribution in [0.3, 0.4) is 0 Å². The number of benzene rings is 2. The van der Waals surface area contributed by atoms with E-state index < -0.39 is 0 Å². The third kappa shape index (κ3) is 3.18. The lowest BCUT2D eigenvalue weighted by molar-refractivity contribution is 0.0284. The fourth-order valence-corrected chi connectivity index (χ4v) is 5.48. The monoisotopic (exact) mass is 360 g/mol. The highest BCUT2D eigenvalue weighted by Crippen LogP contribution is 2.49. The second-order valence-corrected chi connectivity index (χ2v) is 9.38. The van der Waals surface area contributed by atoms with Crippen molar-refractivity contribution < 1.29 is 0 Å². The van der Waals surface area contributed by atoms with Gasteiger partial charge in [0.2, 0.25) is 0 Å². The van der Waals surface area contributed by atoms with Gasteiger partial charge in [-0.2, -0.15) is 0 Å². The van der Waals surface area contributed by atoms with Gasteiger partial charge >= 0.3 is 0 Å². The summed E-state index contributed by atoms with van der Waals surface area (Å²) in [5.74, 6) is 1.73. The first-order valence-electron chi connectivity index (χ1n) is 10.8. The summed E-state index contributed by atoms with van der Waals surface area (Å²) in [5.41, 5.74) is 6.12. The third-order valence-electron chi connectivity index (χ3n) is 7.65. The minimum atomic E-state index is 0.322. The van der Waals surface area contributed by atoms with Crippen molar-refractivity contribution in [2.24, 2.45) is 11.8 Å². The molecule has 2 aromatic carbocycles. The molecule has 5 rings (SSSR count). The Kier molecular flexibility index (Phi) is 4.27. The molecule has 2 aromatic rings. The summed E-state index contributed by atoms with van der Waals surface area (Å²) in [6.07, 6.45) is 5.45. The van der Waals surface area contributed by atoms with Crippen LogP contribution in [0.2, 0.25) is 0 Å². The molecule has 0 unspecified atom stereocenters. The van der Waals surface area contributed by atoms with E-state index in [1.54, 1.807) is 11.1 Å². The van der Waals surface area contributed by atoms with Gasteiger partial charge < -0.3 is 5.32 Å². The molecule has 3 aliphatic rings. The van der Waals surface area contributed by atoms with Crippen molar-refractivity contribution >= 4 is 5.69 Å². The van der Waals surface area contributed by atoms with E-state index in [0.717, 1.165) is 24.4 Å². The van der Waals surface area contributed by atoms with Crippen molar-refractivity contribution in [3.8, 4) is 0 Å². The Labute approximate surface area is 164 Å². The summed E-state index contributed by atoms with van der Waals surface area (Å²) in [6, 6.07) is 18.6. The van der Waals surface area contributed by atoms with Crippen molar-refractivity contribution in [1.82, 2.24) is 4.90 Å². The second kappa shape index (κ2) is 6.67.